The van der Waals surface area contributed by atoms with Crippen LogP contribution < -0.4 is 4.18 Å². The van der Waals surface area contributed by atoms with Gasteiger partial charge in [0.15, 0.2) is 0 Å². The first-order chi connectivity index (χ1) is 5.64. The van der Waals surface area contributed by atoms with Gasteiger partial charge in [0.1, 0.15) is 5.75 Å². The quantitative estimate of drug-likeness (QED) is 0.675. The lowest BCUT2D eigenvalue weighted by Gasteiger charge is -2.01. The van der Waals surface area contributed by atoms with Crippen LogP contribution in [0.5, 0.6) is 5.75 Å². The van der Waals surface area contributed by atoms with Crippen LogP contribution in [-0.2, 0) is 10.1 Å². The van der Waals surface area contributed by atoms with Gasteiger partial charge in [0.25, 0.3) is 0 Å². The van der Waals surface area contributed by atoms with E-state index in [1.54, 1.807) is 18.2 Å². The number of para-hydroxylation sites is 1. The summed E-state index contributed by atoms with van der Waals surface area (Å²) in [5.41, 5.74) is 0. The maximum absolute atomic E-state index is 11.7. The van der Waals surface area contributed by atoms with E-state index >= 15 is 0 Å². The third kappa shape index (κ3) is 2.50. The molecule has 0 fully saturated rings. The molecule has 0 atom stereocenters. The summed E-state index contributed by atoms with van der Waals surface area (Å²) >= 11 is 0. The van der Waals surface area contributed by atoms with Crippen LogP contribution in [0.25, 0.3) is 0 Å². The molecule has 0 aromatic heterocycles. The molecular weight excluding hydrogens is 183 g/mol. The van der Waals surface area contributed by atoms with Crippen molar-refractivity contribution in [2.45, 2.75) is 0 Å². The van der Waals surface area contributed by atoms with Crippen LogP contribution in [0.3, 0.4) is 0 Å². The summed E-state index contributed by atoms with van der Waals surface area (Å²) in [6.45, 7) is 0. The molecule has 1 aromatic rings. The molecule has 1 rings (SSSR count). The van der Waals surface area contributed by atoms with Gasteiger partial charge in [-0.1, -0.05) is 18.2 Å². The summed E-state index contributed by atoms with van der Waals surface area (Å²) in [7, 11) is -4.04. The molecule has 5 heteroatoms. The van der Waals surface area contributed by atoms with Gasteiger partial charge in [-0.25, -0.2) is 4.39 Å². The Morgan fingerprint density at radius 2 is 1.83 bits per heavy atom. The Hall–Kier alpha value is -1.10. The number of halogens is 1. The summed E-state index contributed by atoms with van der Waals surface area (Å²) in [4.78, 5) is 0. The minimum atomic E-state index is -4.04. The SMILES string of the molecule is O=S(=O)(CF)Oc1ccccc1. The largest absolute Gasteiger partial charge is 0.381 e. The van der Waals surface area contributed by atoms with Gasteiger partial charge >= 0.3 is 10.1 Å². The highest BCUT2D eigenvalue weighted by molar-refractivity contribution is 7.86. The normalized spacial score (nSPS) is 11.1. The average Bonchev–Trinajstić information content (AvgIpc) is 2.06. The Labute approximate surface area is 69.9 Å². The number of hydrogen-bond donors (Lipinski definition) is 0. The van der Waals surface area contributed by atoms with E-state index in [4.69, 9.17) is 0 Å². The first kappa shape index (κ1) is 8.99. The highest BCUT2D eigenvalue weighted by Gasteiger charge is 2.10. The monoisotopic (exact) mass is 190 g/mol. The minimum Gasteiger partial charge on any atom is -0.381 e. The Morgan fingerprint density at radius 3 is 2.33 bits per heavy atom. The molecule has 1 aromatic carbocycles. The van der Waals surface area contributed by atoms with E-state index in [-0.39, 0.29) is 5.75 Å². The molecule has 0 bridgehead atoms. The zero-order chi connectivity index (χ0) is 9.03. The van der Waals surface area contributed by atoms with Crippen molar-refractivity contribution < 1.29 is 17.0 Å². The van der Waals surface area contributed by atoms with E-state index in [0.717, 1.165) is 0 Å². The van der Waals surface area contributed by atoms with E-state index in [2.05, 4.69) is 4.18 Å². The van der Waals surface area contributed by atoms with Crippen molar-refractivity contribution in [1.82, 2.24) is 0 Å². The third-order valence-corrected chi connectivity index (χ3v) is 1.81. The molecule has 0 aliphatic heterocycles. The Kier molecular flexibility index (Phi) is 2.65. The van der Waals surface area contributed by atoms with Gasteiger partial charge in [-0.05, 0) is 12.1 Å². The maximum Gasteiger partial charge on any atom is 0.339 e. The molecule has 0 heterocycles. The fraction of sp³-hybridized carbons (Fsp3) is 0.143. The predicted octanol–water partition coefficient (Wildman–Crippen LogP) is 1.32. The molecule has 0 aliphatic carbocycles. The summed E-state index contributed by atoms with van der Waals surface area (Å²) in [5.74, 6) is 0.121. The van der Waals surface area contributed by atoms with Crippen LogP contribution >= 0.6 is 0 Å². The Balaban J connectivity index is 2.78. The van der Waals surface area contributed by atoms with Gasteiger partial charge in [-0.15, -0.1) is 0 Å². The van der Waals surface area contributed by atoms with Crippen molar-refractivity contribution >= 4 is 10.1 Å². The standard InChI is InChI=1S/C7H7FO3S/c8-6-12(9,10)11-7-4-2-1-3-5-7/h1-5H,6H2. The minimum absolute atomic E-state index is 0.121. The number of rotatable bonds is 3. The first-order valence-electron chi connectivity index (χ1n) is 3.17. The highest BCUT2D eigenvalue weighted by Crippen LogP contribution is 2.11. The second-order valence-electron chi connectivity index (χ2n) is 2.06. The second-order valence-corrected chi connectivity index (χ2v) is 3.56. The second kappa shape index (κ2) is 3.53. The highest BCUT2D eigenvalue weighted by atomic mass is 32.2. The smallest absolute Gasteiger partial charge is 0.339 e. The summed E-state index contributed by atoms with van der Waals surface area (Å²) in [6, 6.07) is 6.27. The Bertz CT molecular complexity index is 333. The molecule has 0 saturated carbocycles. The van der Waals surface area contributed by atoms with E-state index in [1.165, 1.54) is 12.1 Å². The summed E-state index contributed by atoms with van der Waals surface area (Å²) in [5, 5.41) is 0. The van der Waals surface area contributed by atoms with Gasteiger partial charge in [0, 0.05) is 0 Å². The van der Waals surface area contributed by atoms with Crippen LogP contribution in [0, 0.1) is 0 Å². The van der Waals surface area contributed by atoms with Crippen LogP contribution in [0.15, 0.2) is 30.3 Å². The molecule has 3 nitrogen and oxygen atoms in total. The zero-order valence-corrected chi connectivity index (χ0v) is 6.92. The van der Waals surface area contributed by atoms with Crippen molar-refractivity contribution in [2.75, 3.05) is 6.01 Å². The van der Waals surface area contributed by atoms with Gasteiger partial charge < -0.3 is 4.18 Å². The molecule has 0 N–H and O–H groups in total. The molecule has 0 amide bonds. The molecule has 0 unspecified atom stereocenters. The molecule has 0 radical (unpaired) electrons. The molecular formula is C7H7FO3S. The molecule has 0 saturated heterocycles. The fourth-order valence-electron chi connectivity index (χ4n) is 0.645. The lowest BCUT2D eigenvalue weighted by atomic mass is 10.3. The van der Waals surface area contributed by atoms with Gasteiger partial charge in [-0.2, -0.15) is 8.42 Å². The van der Waals surface area contributed by atoms with Gasteiger partial charge in [0.05, 0.1) is 0 Å². The lowest BCUT2D eigenvalue weighted by molar-refractivity contribution is 0.451. The van der Waals surface area contributed by atoms with Gasteiger partial charge in [0.2, 0.25) is 6.01 Å². The predicted molar refractivity (Wildman–Crippen MR) is 42.0 cm³/mol. The lowest BCUT2D eigenvalue weighted by Crippen LogP contribution is -2.10. The van der Waals surface area contributed by atoms with Crippen LogP contribution in [-0.4, -0.2) is 14.4 Å². The molecule has 0 spiro atoms. The van der Waals surface area contributed by atoms with Crippen molar-refractivity contribution in [3.8, 4) is 5.75 Å². The zero-order valence-electron chi connectivity index (χ0n) is 6.10. The van der Waals surface area contributed by atoms with Crippen molar-refractivity contribution in [3.63, 3.8) is 0 Å². The maximum atomic E-state index is 11.7. The van der Waals surface area contributed by atoms with Crippen LogP contribution in [0.4, 0.5) is 4.39 Å². The number of alkyl halides is 1. The third-order valence-electron chi connectivity index (χ3n) is 1.10. The van der Waals surface area contributed by atoms with E-state index in [9.17, 15) is 12.8 Å². The van der Waals surface area contributed by atoms with Gasteiger partial charge in [-0.3, -0.25) is 0 Å². The summed E-state index contributed by atoms with van der Waals surface area (Å²) in [6.07, 6.45) is 0. The number of benzene rings is 1. The first-order valence-corrected chi connectivity index (χ1v) is 4.75. The molecule has 66 valence electrons. The van der Waals surface area contributed by atoms with E-state index < -0.39 is 16.1 Å². The van der Waals surface area contributed by atoms with Crippen LogP contribution in [0.1, 0.15) is 0 Å². The van der Waals surface area contributed by atoms with Crippen LogP contribution in [0.2, 0.25) is 0 Å². The topological polar surface area (TPSA) is 43.4 Å². The van der Waals surface area contributed by atoms with E-state index in [1.807, 2.05) is 0 Å². The van der Waals surface area contributed by atoms with Crippen molar-refractivity contribution in [1.29, 1.82) is 0 Å². The summed E-state index contributed by atoms with van der Waals surface area (Å²) < 4.78 is 37.2. The van der Waals surface area contributed by atoms with Crippen molar-refractivity contribution in [2.24, 2.45) is 0 Å². The Morgan fingerprint density at radius 1 is 1.25 bits per heavy atom. The fourth-order valence-corrected chi connectivity index (χ4v) is 1.09. The average molecular weight is 190 g/mol. The molecule has 12 heavy (non-hydrogen) atoms. The molecule has 0 aliphatic rings. The van der Waals surface area contributed by atoms with Crippen molar-refractivity contribution in [3.05, 3.63) is 30.3 Å². The number of hydrogen-bond acceptors (Lipinski definition) is 3. The van der Waals surface area contributed by atoms with E-state index in [0.29, 0.717) is 0 Å².